The Labute approximate surface area is 105 Å². The van der Waals surface area contributed by atoms with Crippen LogP contribution in [-0.4, -0.2) is 25.7 Å². The maximum atomic E-state index is 7.30. The summed E-state index contributed by atoms with van der Waals surface area (Å²) < 4.78 is 10.9. The molecular weight excluding hydrogens is 240 g/mol. The van der Waals surface area contributed by atoms with Crippen LogP contribution in [0.4, 0.5) is 0 Å². The Balaban J connectivity index is 1.98. The molecule has 1 fully saturated rings. The van der Waals surface area contributed by atoms with Gasteiger partial charge in [0.2, 0.25) is 0 Å². The van der Waals surface area contributed by atoms with E-state index in [0.29, 0.717) is 28.9 Å². The van der Waals surface area contributed by atoms with E-state index in [1.165, 1.54) is 0 Å². The average Bonchev–Trinajstić information content (AvgIpc) is 2.80. The van der Waals surface area contributed by atoms with Crippen molar-refractivity contribution in [3.8, 4) is 5.75 Å². The molecule has 1 unspecified atom stereocenters. The number of halogens is 1. The van der Waals surface area contributed by atoms with Crippen molar-refractivity contribution in [3.05, 3.63) is 28.8 Å². The van der Waals surface area contributed by atoms with Crippen molar-refractivity contribution >= 4 is 17.4 Å². The molecular formula is C12H15ClN2O2. The number of benzene rings is 1. The maximum Gasteiger partial charge on any atom is 0.137 e. The molecule has 4 nitrogen and oxygen atoms in total. The number of ether oxygens (including phenoxy) is 2. The first-order valence-electron chi connectivity index (χ1n) is 5.51. The van der Waals surface area contributed by atoms with Crippen molar-refractivity contribution in [3.63, 3.8) is 0 Å². The van der Waals surface area contributed by atoms with Crippen molar-refractivity contribution < 1.29 is 9.47 Å². The van der Waals surface area contributed by atoms with Crippen LogP contribution in [0.2, 0.25) is 5.02 Å². The van der Waals surface area contributed by atoms with E-state index in [0.717, 1.165) is 19.6 Å². The minimum atomic E-state index is 0.00245. The van der Waals surface area contributed by atoms with Gasteiger partial charge in [0, 0.05) is 18.1 Å². The summed E-state index contributed by atoms with van der Waals surface area (Å²) in [5.74, 6) is 1.07. The first-order chi connectivity index (χ1) is 8.16. The third-order valence-electron chi connectivity index (χ3n) is 2.74. The zero-order valence-corrected chi connectivity index (χ0v) is 10.2. The number of hydrogen-bond donors (Lipinski definition) is 2. The molecule has 0 saturated carbocycles. The standard InChI is InChI=1S/C12H15ClN2O2/c13-10-5-9(12(14)15)1-2-11(10)17-7-8-3-4-16-6-8/h1-2,5,8H,3-4,6-7H2,(H3,14,15). The summed E-state index contributed by atoms with van der Waals surface area (Å²) in [5, 5.41) is 7.79. The zero-order valence-electron chi connectivity index (χ0n) is 9.41. The summed E-state index contributed by atoms with van der Waals surface area (Å²) in [6.45, 7) is 2.17. The fraction of sp³-hybridized carbons (Fsp3) is 0.417. The minimum absolute atomic E-state index is 0.00245. The smallest absolute Gasteiger partial charge is 0.137 e. The van der Waals surface area contributed by atoms with Crippen LogP contribution < -0.4 is 10.5 Å². The number of hydrogen-bond acceptors (Lipinski definition) is 3. The van der Waals surface area contributed by atoms with Gasteiger partial charge in [-0.3, -0.25) is 5.41 Å². The second kappa shape index (κ2) is 5.38. The molecule has 1 aromatic carbocycles. The van der Waals surface area contributed by atoms with Crippen molar-refractivity contribution in [2.24, 2.45) is 11.7 Å². The topological polar surface area (TPSA) is 68.3 Å². The highest BCUT2D eigenvalue weighted by Gasteiger charge is 2.16. The summed E-state index contributed by atoms with van der Waals surface area (Å²) in [6.07, 6.45) is 1.03. The fourth-order valence-electron chi connectivity index (χ4n) is 1.71. The summed E-state index contributed by atoms with van der Waals surface area (Å²) >= 11 is 6.05. The van der Waals surface area contributed by atoms with Crippen LogP contribution in [0.5, 0.6) is 5.75 Å². The van der Waals surface area contributed by atoms with Crippen molar-refractivity contribution in [2.75, 3.05) is 19.8 Å². The van der Waals surface area contributed by atoms with Gasteiger partial charge < -0.3 is 15.2 Å². The van der Waals surface area contributed by atoms with E-state index in [-0.39, 0.29) is 5.84 Å². The quantitative estimate of drug-likeness (QED) is 0.638. The highest BCUT2D eigenvalue weighted by atomic mass is 35.5. The third kappa shape index (κ3) is 3.11. The summed E-state index contributed by atoms with van der Waals surface area (Å²) in [6, 6.07) is 5.12. The Kier molecular flexibility index (Phi) is 3.86. The van der Waals surface area contributed by atoms with E-state index < -0.39 is 0 Å². The van der Waals surface area contributed by atoms with Crippen molar-refractivity contribution in [2.45, 2.75) is 6.42 Å². The first-order valence-corrected chi connectivity index (χ1v) is 5.89. The highest BCUT2D eigenvalue weighted by molar-refractivity contribution is 6.32. The molecule has 92 valence electrons. The van der Waals surface area contributed by atoms with Gasteiger partial charge in [-0.15, -0.1) is 0 Å². The molecule has 0 aromatic heterocycles. The van der Waals surface area contributed by atoms with Gasteiger partial charge in [-0.05, 0) is 24.6 Å². The number of nitrogen functional groups attached to an aromatic ring is 1. The lowest BCUT2D eigenvalue weighted by Crippen LogP contribution is -2.13. The molecule has 0 spiro atoms. The molecule has 1 saturated heterocycles. The van der Waals surface area contributed by atoms with Crippen LogP contribution in [0.25, 0.3) is 0 Å². The Morgan fingerprint density at radius 1 is 1.59 bits per heavy atom. The molecule has 17 heavy (non-hydrogen) atoms. The predicted octanol–water partition coefficient (Wildman–Crippen LogP) is 2.04. The molecule has 0 radical (unpaired) electrons. The van der Waals surface area contributed by atoms with Gasteiger partial charge in [0.25, 0.3) is 0 Å². The Morgan fingerprint density at radius 2 is 2.41 bits per heavy atom. The molecule has 0 aliphatic carbocycles. The third-order valence-corrected chi connectivity index (χ3v) is 3.04. The van der Waals surface area contributed by atoms with E-state index in [9.17, 15) is 0 Å². The van der Waals surface area contributed by atoms with Gasteiger partial charge in [-0.1, -0.05) is 11.6 Å². The Hall–Kier alpha value is -1.26. The molecule has 3 N–H and O–H groups in total. The SMILES string of the molecule is N=C(N)c1ccc(OCC2CCOC2)c(Cl)c1. The molecule has 1 heterocycles. The molecule has 1 atom stereocenters. The second-order valence-electron chi connectivity index (χ2n) is 4.10. The van der Waals surface area contributed by atoms with E-state index in [4.69, 9.17) is 32.2 Å². The molecule has 1 aliphatic heterocycles. The maximum absolute atomic E-state index is 7.30. The Bertz CT molecular complexity index is 417. The predicted molar refractivity (Wildman–Crippen MR) is 66.9 cm³/mol. The Morgan fingerprint density at radius 3 is 3.00 bits per heavy atom. The lowest BCUT2D eigenvalue weighted by Gasteiger charge is -2.12. The van der Waals surface area contributed by atoms with Crippen LogP contribution in [0.1, 0.15) is 12.0 Å². The molecule has 2 rings (SSSR count). The second-order valence-corrected chi connectivity index (χ2v) is 4.51. The van der Waals surface area contributed by atoms with Crippen molar-refractivity contribution in [1.82, 2.24) is 0 Å². The van der Waals surface area contributed by atoms with Gasteiger partial charge >= 0.3 is 0 Å². The lowest BCUT2D eigenvalue weighted by atomic mass is 10.1. The van der Waals surface area contributed by atoms with Crippen LogP contribution in [0, 0.1) is 11.3 Å². The largest absolute Gasteiger partial charge is 0.492 e. The van der Waals surface area contributed by atoms with Gasteiger partial charge in [-0.2, -0.15) is 0 Å². The molecule has 1 aromatic rings. The van der Waals surface area contributed by atoms with Crippen molar-refractivity contribution in [1.29, 1.82) is 5.41 Å². The lowest BCUT2D eigenvalue weighted by molar-refractivity contribution is 0.167. The fourth-order valence-corrected chi connectivity index (χ4v) is 1.94. The van der Waals surface area contributed by atoms with Gasteiger partial charge in [0.15, 0.2) is 0 Å². The van der Waals surface area contributed by atoms with Crippen LogP contribution in [0.15, 0.2) is 18.2 Å². The van der Waals surface area contributed by atoms with Crippen LogP contribution in [-0.2, 0) is 4.74 Å². The summed E-state index contributed by atoms with van der Waals surface area (Å²) in [5.41, 5.74) is 5.98. The number of rotatable bonds is 4. The summed E-state index contributed by atoms with van der Waals surface area (Å²) in [4.78, 5) is 0. The van der Waals surface area contributed by atoms with Gasteiger partial charge in [-0.25, -0.2) is 0 Å². The molecule has 0 bridgehead atoms. The van der Waals surface area contributed by atoms with E-state index in [2.05, 4.69) is 0 Å². The monoisotopic (exact) mass is 254 g/mol. The van der Waals surface area contributed by atoms with E-state index in [1.807, 2.05) is 0 Å². The first kappa shape index (κ1) is 12.2. The van der Waals surface area contributed by atoms with Crippen LogP contribution in [0.3, 0.4) is 0 Å². The van der Waals surface area contributed by atoms with E-state index >= 15 is 0 Å². The van der Waals surface area contributed by atoms with E-state index in [1.54, 1.807) is 18.2 Å². The number of nitrogens with one attached hydrogen (secondary N) is 1. The van der Waals surface area contributed by atoms with Crippen LogP contribution >= 0.6 is 11.6 Å². The van der Waals surface area contributed by atoms with Gasteiger partial charge in [0.1, 0.15) is 11.6 Å². The summed E-state index contributed by atoms with van der Waals surface area (Å²) in [7, 11) is 0. The highest BCUT2D eigenvalue weighted by Crippen LogP contribution is 2.26. The molecule has 5 heteroatoms. The average molecular weight is 255 g/mol. The number of amidine groups is 1. The zero-order chi connectivity index (χ0) is 12.3. The molecule has 1 aliphatic rings. The normalized spacial score (nSPS) is 19.2. The number of nitrogens with two attached hydrogens (primary N) is 1. The minimum Gasteiger partial charge on any atom is -0.492 e. The molecule has 0 amide bonds. The van der Waals surface area contributed by atoms with Gasteiger partial charge in [0.05, 0.1) is 18.2 Å².